The Morgan fingerprint density at radius 1 is 1.00 bits per heavy atom. The Balaban J connectivity index is 1.80. The molecule has 1 aliphatic rings. The second-order valence-electron chi connectivity index (χ2n) is 6.56. The van der Waals surface area contributed by atoms with Gasteiger partial charge in [-0.3, -0.25) is 4.79 Å². The van der Waals surface area contributed by atoms with Gasteiger partial charge in [0.2, 0.25) is 5.79 Å². The Morgan fingerprint density at radius 2 is 1.58 bits per heavy atom. The Kier molecular flexibility index (Phi) is 7.68. The number of esters is 1. The van der Waals surface area contributed by atoms with Crippen molar-refractivity contribution in [1.29, 1.82) is 0 Å². The summed E-state index contributed by atoms with van der Waals surface area (Å²) in [7, 11) is 0. The molecular weight excluding hydrogens is 422 g/mol. The lowest BCUT2D eigenvalue weighted by Crippen LogP contribution is -2.28. The van der Waals surface area contributed by atoms with Crippen LogP contribution in [0, 0.1) is 0 Å². The van der Waals surface area contributed by atoms with E-state index in [1.807, 2.05) is 12.1 Å². The van der Waals surface area contributed by atoms with E-state index >= 15 is 0 Å². The van der Waals surface area contributed by atoms with Crippen LogP contribution in [0.25, 0.3) is 0 Å². The zero-order valence-electron chi connectivity index (χ0n) is 17.4. The Labute approximate surface area is 185 Å². The van der Waals surface area contributed by atoms with E-state index < -0.39 is 17.7 Å². The van der Waals surface area contributed by atoms with Crippen LogP contribution in [-0.2, 0) is 34.3 Å². The third-order valence-electron chi connectivity index (χ3n) is 4.55. The summed E-state index contributed by atoms with van der Waals surface area (Å²) in [6, 6.07) is 14.3. The lowest BCUT2D eigenvalue weighted by atomic mass is 9.97. The van der Waals surface area contributed by atoms with E-state index in [4.69, 9.17) is 30.5 Å². The highest BCUT2D eigenvalue weighted by Gasteiger charge is 2.40. The lowest BCUT2D eigenvalue weighted by molar-refractivity contribution is -0.140. The molecule has 7 nitrogen and oxygen atoms in total. The van der Waals surface area contributed by atoms with Crippen LogP contribution >= 0.6 is 11.6 Å². The molecule has 0 radical (unpaired) electrons. The van der Waals surface area contributed by atoms with Gasteiger partial charge in [0, 0.05) is 21.8 Å². The van der Waals surface area contributed by atoms with Crippen LogP contribution in [0.2, 0.25) is 5.02 Å². The topological polar surface area (TPSA) is 83.1 Å². The van der Waals surface area contributed by atoms with Crippen LogP contribution in [-0.4, -0.2) is 38.3 Å². The highest BCUT2D eigenvalue weighted by molar-refractivity contribution is 6.30. The van der Waals surface area contributed by atoms with Crippen molar-refractivity contribution in [3.05, 3.63) is 76.5 Å². The highest BCUT2D eigenvalue weighted by atomic mass is 35.5. The number of hydrogen-bond donors (Lipinski definition) is 1. The summed E-state index contributed by atoms with van der Waals surface area (Å²) in [5, 5.41) is 3.30. The van der Waals surface area contributed by atoms with E-state index in [9.17, 15) is 9.59 Å². The van der Waals surface area contributed by atoms with Crippen LogP contribution in [0.3, 0.4) is 0 Å². The predicted octanol–water partition coefficient (Wildman–Crippen LogP) is 4.01. The fourth-order valence-electron chi connectivity index (χ4n) is 3.12. The van der Waals surface area contributed by atoms with Crippen LogP contribution in [0.4, 0.5) is 5.69 Å². The van der Waals surface area contributed by atoms with Crippen LogP contribution < -0.4 is 5.32 Å². The molecule has 0 atom stereocenters. The number of benzene rings is 2. The minimum absolute atomic E-state index is 0.150. The molecule has 1 N–H and O–H groups in total. The zero-order valence-corrected chi connectivity index (χ0v) is 18.1. The van der Waals surface area contributed by atoms with Crippen molar-refractivity contribution in [3.63, 3.8) is 0 Å². The molecule has 8 heteroatoms. The normalized spacial score (nSPS) is 15.4. The van der Waals surface area contributed by atoms with Gasteiger partial charge in [0.25, 0.3) is 5.91 Å². The average molecular weight is 446 g/mol. The molecular formula is C23H24ClNO6. The number of carbonyl (C=O) groups excluding carboxylic acids is 2. The first-order valence-corrected chi connectivity index (χ1v) is 10.3. The third-order valence-corrected chi connectivity index (χ3v) is 4.80. The van der Waals surface area contributed by atoms with Crippen molar-refractivity contribution in [2.45, 2.75) is 19.6 Å². The van der Waals surface area contributed by atoms with Gasteiger partial charge in [0.1, 0.15) is 6.26 Å². The molecule has 1 aliphatic heterocycles. The number of hydrogen-bond acceptors (Lipinski definition) is 6. The number of rotatable bonds is 8. The maximum absolute atomic E-state index is 12.6. The smallest absolute Gasteiger partial charge is 0.346 e. The standard InChI is InChI=1S/C23H24ClNO6/c1-3-28-15-20(22(27)29-4-2)21(26)25-19-11-7-17(8-12-19)23(30-13-14-31-23)16-5-9-18(24)10-6-16/h5-12,15H,3-4,13-14H2,1-2H3,(H,25,26). The molecule has 0 bridgehead atoms. The Hall–Kier alpha value is -2.87. The molecule has 0 aromatic heterocycles. The van der Waals surface area contributed by atoms with Crippen molar-refractivity contribution >= 4 is 29.2 Å². The van der Waals surface area contributed by atoms with Gasteiger partial charge in [0.05, 0.1) is 26.4 Å². The fraction of sp³-hybridized carbons (Fsp3) is 0.304. The van der Waals surface area contributed by atoms with Crippen LogP contribution in [0.1, 0.15) is 25.0 Å². The fourth-order valence-corrected chi connectivity index (χ4v) is 3.25. The second-order valence-corrected chi connectivity index (χ2v) is 7.00. The van der Waals surface area contributed by atoms with Crippen molar-refractivity contribution in [2.75, 3.05) is 31.7 Å². The summed E-state index contributed by atoms with van der Waals surface area (Å²) in [6.45, 7) is 4.78. The maximum atomic E-state index is 12.6. The van der Waals surface area contributed by atoms with Gasteiger partial charge in [0.15, 0.2) is 5.57 Å². The predicted molar refractivity (Wildman–Crippen MR) is 116 cm³/mol. The van der Waals surface area contributed by atoms with E-state index in [0.717, 1.165) is 17.4 Å². The molecule has 1 saturated heterocycles. The number of ether oxygens (including phenoxy) is 4. The summed E-state index contributed by atoms with van der Waals surface area (Å²) < 4.78 is 22.0. The molecule has 31 heavy (non-hydrogen) atoms. The summed E-state index contributed by atoms with van der Waals surface area (Å²) in [6.07, 6.45) is 1.11. The summed E-state index contributed by atoms with van der Waals surface area (Å²) in [4.78, 5) is 24.6. The first-order valence-electron chi connectivity index (χ1n) is 9.95. The van der Waals surface area contributed by atoms with Crippen molar-refractivity contribution in [2.24, 2.45) is 0 Å². The van der Waals surface area contributed by atoms with Gasteiger partial charge >= 0.3 is 5.97 Å². The number of carbonyl (C=O) groups is 2. The number of nitrogens with one attached hydrogen (secondary N) is 1. The molecule has 0 saturated carbocycles. The monoisotopic (exact) mass is 445 g/mol. The van der Waals surface area contributed by atoms with Crippen molar-refractivity contribution < 1.29 is 28.5 Å². The van der Waals surface area contributed by atoms with Crippen LogP contribution in [0.15, 0.2) is 60.4 Å². The van der Waals surface area contributed by atoms with E-state index in [-0.39, 0.29) is 12.2 Å². The molecule has 3 rings (SSSR count). The molecule has 164 valence electrons. The summed E-state index contributed by atoms with van der Waals surface area (Å²) in [5.74, 6) is -2.42. The van der Waals surface area contributed by atoms with E-state index in [2.05, 4.69) is 5.32 Å². The molecule has 1 heterocycles. The molecule has 0 spiro atoms. The van der Waals surface area contributed by atoms with Gasteiger partial charge in [-0.05, 0) is 38.1 Å². The van der Waals surface area contributed by atoms with Gasteiger partial charge in [-0.1, -0.05) is 35.9 Å². The molecule has 2 aromatic carbocycles. The Bertz CT molecular complexity index is 934. The molecule has 2 aromatic rings. The first kappa shape index (κ1) is 22.8. The largest absolute Gasteiger partial charge is 0.500 e. The first-order chi connectivity index (χ1) is 15.0. The Morgan fingerprint density at radius 3 is 2.13 bits per heavy atom. The minimum Gasteiger partial charge on any atom is -0.500 e. The van der Waals surface area contributed by atoms with Gasteiger partial charge in [-0.15, -0.1) is 0 Å². The third kappa shape index (κ3) is 5.25. The van der Waals surface area contributed by atoms with Crippen molar-refractivity contribution in [1.82, 2.24) is 0 Å². The average Bonchev–Trinajstić information content (AvgIpc) is 3.26. The quantitative estimate of drug-likeness (QED) is 0.217. The SMILES string of the molecule is CCOC=C(C(=O)Nc1ccc(C2(c3ccc(Cl)cc3)OCCO2)cc1)C(=O)OCC. The number of anilines is 1. The van der Waals surface area contributed by atoms with Gasteiger partial charge in [-0.25, -0.2) is 4.79 Å². The van der Waals surface area contributed by atoms with Crippen molar-refractivity contribution in [3.8, 4) is 0 Å². The molecule has 0 aliphatic carbocycles. The number of amides is 1. The van der Waals surface area contributed by atoms with E-state index in [0.29, 0.717) is 30.5 Å². The van der Waals surface area contributed by atoms with E-state index in [1.54, 1.807) is 50.2 Å². The number of halogens is 1. The molecule has 0 unspecified atom stereocenters. The molecule has 1 fully saturated rings. The minimum atomic E-state index is -1.04. The summed E-state index contributed by atoms with van der Waals surface area (Å²) in [5.41, 5.74) is 1.86. The van der Waals surface area contributed by atoms with E-state index in [1.165, 1.54) is 0 Å². The van der Waals surface area contributed by atoms with Gasteiger partial charge < -0.3 is 24.3 Å². The van der Waals surface area contributed by atoms with Gasteiger partial charge in [-0.2, -0.15) is 0 Å². The summed E-state index contributed by atoms with van der Waals surface area (Å²) >= 11 is 6.01. The zero-order chi connectivity index (χ0) is 22.3. The second kappa shape index (κ2) is 10.4. The van der Waals surface area contributed by atoms with Crippen LogP contribution in [0.5, 0.6) is 0 Å². The lowest BCUT2D eigenvalue weighted by Gasteiger charge is -2.28. The molecule has 1 amide bonds. The maximum Gasteiger partial charge on any atom is 0.346 e. The highest BCUT2D eigenvalue weighted by Crippen LogP contribution is 2.39.